The van der Waals surface area contributed by atoms with Gasteiger partial charge < -0.3 is 10.6 Å². The molecule has 1 amide bonds. The lowest BCUT2D eigenvalue weighted by Crippen LogP contribution is -2.35. The molecule has 0 fully saturated rings. The first kappa shape index (κ1) is 14.8. The van der Waals surface area contributed by atoms with E-state index in [1.54, 1.807) is 12.1 Å². The van der Waals surface area contributed by atoms with Gasteiger partial charge in [0.05, 0.1) is 18.8 Å². The Hall–Kier alpha value is -1.21. The number of alkyl halides is 3. The molecule has 0 bridgehead atoms. The van der Waals surface area contributed by atoms with Crippen molar-refractivity contribution >= 4 is 23.4 Å². The summed E-state index contributed by atoms with van der Waals surface area (Å²) in [4.78, 5) is 12.3. The molecule has 2 N–H and O–H groups in total. The zero-order chi connectivity index (χ0) is 13.6. The van der Waals surface area contributed by atoms with Crippen molar-refractivity contribution < 1.29 is 18.0 Å². The summed E-state index contributed by atoms with van der Waals surface area (Å²) in [5.41, 5.74) is 0.601. The number of carbonyl (C=O) groups is 1. The molecular weight excluding hydrogens is 265 g/mol. The van der Waals surface area contributed by atoms with Crippen LogP contribution in [0.3, 0.4) is 0 Å². The van der Waals surface area contributed by atoms with E-state index in [1.165, 1.54) is 11.8 Å². The summed E-state index contributed by atoms with van der Waals surface area (Å²) in [5, 5.41) is 4.60. The van der Waals surface area contributed by atoms with Gasteiger partial charge in [0, 0.05) is 4.90 Å². The molecule has 0 saturated carbocycles. The van der Waals surface area contributed by atoms with Gasteiger partial charge in [-0.15, -0.1) is 11.8 Å². The highest BCUT2D eigenvalue weighted by atomic mass is 32.2. The van der Waals surface area contributed by atoms with Crippen LogP contribution < -0.4 is 10.6 Å². The Morgan fingerprint density at radius 3 is 2.61 bits per heavy atom. The quantitative estimate of drug-likeness (QED) is 0.813. The Kier molecular flexibility index (Phi) is 5.49. The SMILES string of the molecule is CSc1ccccc1NC(=O)CNCC(F)(F)F. The summed E-state index contributed by atoms with van der Waals surface area (Å²) < 4.78 is 35.6. The number of benzene rings is 1. The van der Waals surface area contributed by atoms with Crippen LogP contribution in [0, 0.1) is 0 Å². The van der Waals surface area contributed by atoms with E-state index in [4.69, 9.17) is 0 Å². The zero-order valence-corrected chi connectivity index (χ0v) is 10.5. The van der Waals surface area contributed by atoms with E-state index in [2.05, 4.69) is 5.32 Å². The van der Waals surface area contributed by atoms with Crippen molar-refractivity contribution in [2.75, 3.05) is 24.7 Å². The summed E-state index contributed by atoms with van der Waals surface area (Å²) in [6.45, 7) is -1.55. The summed E-state index contributed by atoms with van der Waals surface area (Å²) in [5.74, 6) is -0.499. The average Bonchev–Trinajstić information content (AvgIpc) is 2.28. The number of carbonyl (C=O) groups excluding carboxylic acids is 1. The van der Waals surface area contributed by atoms with Crippen LogP contribution in [0.1, 0.15) is 0 Å². The van der Waals surface area contributed by atoms with Gasteiger partial charge in [0.15, 0.2) is 0 Å². The van der Waals surface area contributed by atoms with E-state index in [0.717, 1.165) is 4.90 Å². The van der Waals surface area contributed by atoms with Gasteiger partial charge in [-0.25, -0.2) is 0 Å². The van der Waals surface area contributed by atoms with Crippen molar-refractivity contribution in [3.05, 3.63) is 24.3 Å². The number of anilines is 1. The van der Waals surface area contributed by atoms with Crippen LogP contribution in [0.5, 0.6) is 0 Å². The van der Waals surface area contributed by atoms with Gasteiger partial charge >= 0.3 is 6.18 Å². The molecule has 0 aliphatic heterocycles. The van der Waals surface area contributed by atoms with Crippen molar-refractivity contribution in [2.24, 2.45) is 0 Å². The highest BCUT2D eigenvalue weighted by molar-refractivity contribution is 7.98. The normalized spacial score (nSPS) is 11.3. The van der Waals surface area contributed by atoms with E-state index < -0.39 is 18.6 Å². The van der Waals surface area contributed by atoms with Gasteiger partial charge in [-0.3, -0.25) is 4.79 Å². The number of thioether (sulfide) groups is 1. The predicted molar refractivity (Wildman–Crippen MR) is 65.8 cm³/mol. The molecule has 1 aromatic carbocycles. The van der Waals surface area contributed by atoms with E-state index in [1.807, 2.05) is 23.7 Å². The molecule has 0 heterocycles. The monoisotopic (exact) mass is 278 g/mol. The topological polar surface area (TPSA) is 41.1 Å². The second-order valence-electron chi connectivity index (χ2n) is 3.47. The lowest BCUT2D eigenvalue weighted by molar-refractivity contribution is -0.126. The Morgan fingerprint density at radius 1 is 1.33 bits per heavy atom. The molecule has 0 atom stereocenters. The molecule has 0 aromatic heterocycles. The van der Waals surface area contributed by atoms with Gasteiger partial charge in [-0.2, -0.15) is 13.2 Å². The third kappa shape index (κ3) is 5.42. The third-order valence-corrected chi connectivity index (χ3v) is 2.79. The Balaban J connectivity index is 2.45. The molecule has 7 heteroatoms. The van der Waals surface area contributed by atoms with Crippen molar-refractivity contribution in [3.63, 3.8) is 0 Å². The van der Waals surface area contributed by atoms with Gasteiger partial charge in [-0.05, 0) is 18.4 Å². The van der Waals surface area contributed by atoms with Crippen LogP contribution >= 0.6 is 11.8 Å². The van der Waals surface area contributed by atoms with E-state index >= 15 is 0 Å². The molecule has 1 aromatic rings. The largest absolute Gasteiger partial charge is 0.401 e. The minimum atomic E-state index is -4.31. The Morgan fingerprint density at radius 2 is 2.00 bits per heavy atom. The maximum Gasteiger partial charge on any atom is 0.401 e. The molecule has 0 aliphatic carbocycles. The van der Waals surface area contributed by atoms with Crippen molar-refractivity contribution in [1.82, 2.24) is 5.32 Å². The van der Waals surface area contributed by atoms with E-state index in [9.17, 15) is 18.0 Å². The fourth-order valence-corrected chi connectivity index (χ4v) is 1.81. The van der Waals surface area contributed by atoms with Gasteiger partial charge in [0.25, 0.3) is 0 Å². The first-order valence-electron chi connectivity index (χ1n) is 5.13. The number of nitrogens with one attached hydrogen (secondary N) is 2. The van der Waals surface area contributed by atoms with Crippen LogP contribution in [-0.4, -0.2) is 31.4 Å². The smallest absolute Gasteiger partial charge is 0.324 e. The highest BCUT2D eigenvalue weighted by Gasteiger charge is 2.26. The summed E-state index contributed by atoms with van der Waals surface area (Å²) >= 11 is 1.45. The summed E-state index contributed by atoms with van der Waals surface area (Å²) in [6, 6.07) is 7.10. The van der Waals surface area contributed by atoms with Crippen LogP contribution in [0.15, 0.2) is 29.2 Å². The molecule has 100 valence electrons. The van der Waals surface area contributed by atoms with Gasteiger partial charge in [0.2, 0.25) is 5.91 Å². The molecule has 0 unspecified atom stereocenters. The van der Waals surface area contributed by atoms with Crippen molar-refractivity contribution in [2.45, 2.75) is 11.1 Å². The molecule has 0 aliphatic rings. The third-order valence-electron chi connectivity index (χ3n) is 1.99. The second-order valence-corrected chi connectivity index (χ2v) is 4.32. The number of hydrogen-bond donors (Lipinski definition) is 2. The number of hydrogen-bond acceptors (Lipinski definition) is 3. The van der Waals surface area contributed by atoms with Crippen molar-refractivity contribution in [1.29, 1.82) is 0 Å². The fraction of sp³-hybridized carbons (Fsp3) is 0.364. The number of rotatable bonds is 5. The first-order valence-corrected chi connectivity index (χ1v) is 6.35. The zero-order valence-electron chi connectivity index (χ0n) is 9.67. The molecule has 1 rings (SSSR count). The molecule has 3 nitrogen and oxygen atoms in total. The summed E-state index contributed by atoms with van der Waals surface area (Å²) in [6.07, 6.45) is -2.45. The maximum absolute atomic E-state index is 11.9. The van der Waals surface area contributed by atoms with Crippen LogP contribution in [0.25, 0.3) is 0 Å². The minimum absolute atomic E-state index is 0.373. The summed E-state index contributed by atoms with van der Waals surface area (Å²) in [7, 11) is 0. The lowest BCUT2D eigenvalue weighted by atomic mass is 10.3. The van der Waals surface area contributed by atoms with Crippen LogP contribution in [-0.2, 0) is 4.79 Å². The van der Waals surface area contributed by atoms with E-state index in [-0.39, 0.29) is 6.54 Å². The average molecular weight is 278 g/mol. The second kappa shape index (κ2) is 6.65. The van der Waals surface area contributed by atoms with Crippen LogP contribution in [0.4, 0.5) is 18.9 Å². The van der Waals surface area contributed by atoms with E-state index in [0.29, 0.717) is 5.69 Å². The molecule has 18 heavy (non-hydrogen) atoms. The molecule has 0 spiro atoms. The number of amides is 1. The highest BCUT2D eigenvalue weighted by Crippen LogP contribution is 2.24. The minimum Gasteiger partial charge on any atom is -0.324 e. The van der Waals surface area contributed by atoms with Gasteiger partial charge in [-0.1, -0.05) is 12.1 Å². The standard InChI is InChI=1S/C11H13F3N2OS/c1-18-9-5-3-2-4-8(9)16-10(17)6-15-7-11(12,13)14/h2-5,15H,6-7H2,1H3,(H,16,17). The predicted octanol–water partition coefficient (Wildman–Crippen LogP) is 2.50. The Labute approximate surface area is 107 Å². The molecule has 0 radical (unpaired) electrons. The van der Waals surface area contributed by atoms with Gasteiger partial charge in [0.1, 0.15) is 0 Å². The maximum atomic E-state index is 11.9. The fourth-order valence-electron chi connectivity index (χ4n) is 1.26. The van der Waals surface area contributed by atoms with Crippen LogP contribution in [0.2, 0.25) is 0 Å². The number of para-hydroxylation sites is 1. The number of halogens is 3. The van der Waals surface area contributed by atoms with Crippen molar-refractivity contribution in [3.8, 4) is 0 Å². The lowest BCUT2D eigenvalue weighted by Gasteiger charge is -2.10. The molecule has 0 saturated heterocycles. The molecular formula is C11H13F3N2OS. The first-order chi connectivity index (χ1) is 8.42. The Bertz CT molecular complexity index is 410.